The van der Waals surface area contributed by atoms with E-state index in [4.69, 9.17) is 4.74 Å². The number of rotatable bonds is 2. The van der Waals surface area contributed by atoms with E-state index in [0.717, 1.165) is 77.3 Å². The van der Waals surface area contributed by atoms with E-state index >= 15 is 0 Å². The fourth-order valence-corrected chi connectivity index (χ4v) is 12.4. The Hall–Kier alpha value is -1.65. The van der Waals surface area contributed by atoms with Crippen LogP contribution >= 0.6 is 0 Å². The zero-order valence-electron chi connectivity index (χ0n) is 28.6. The number of hydrogen-bond acceptors (Lipinski definition) is 4. The first kappa shape index (κ1) is 31.3. The van der Waals surface area contributed by atoms with E-state index in [1.165, 1.54) is 31.8 Å². The first-order chi connectivity index (χ1) is 20.0. The standard InChI is InChI=1S/C38H59NO4/c1-25(40)43-30-14-15-36(6)29(33(30,2)3)13-16-38(8)31(36)28(41)23-26-27-24-35(5,32(42)39-21-11-9-10-12-22-39)18-17-34(27,4)19-20-37(26,38)7/h23,27,29-31H,9-22,24H2,1-8H3/t27-,29+,30+,31+,34-,35+,36+,37+,38+/m0/s1. The van der Waals surface area contributed by atoms with Gasteiger partial charge in [0, 0.05) is 36.8 Å². The Bertz CT molecular complexity index is 1210. The van der Waals surface area contributed by atoms with Gasteiger partial charge in [0.15, 0.2) is 5.78 Å². The number of hydrogen-bond donors (Lipinski definition) is 0. The summed E-state index contributed by atoms with van der Waals surface area (Å²) in [6.07, 6.45) is 15.8. The molecule has 0 aromatic rings. The molecule has 0 aromatic carbocycles. The van der Waals surface area contributed by atoms with Gasteiger partial charge < -0.3 is 9.64 Å². The van der Waals surface area contributed by atoms with Crippen LogP contribution in [0, 0.1) is 50.2 Å². The van der Waals surface area contributed by atoms with E-state index in [1.807, 2.05) is 0 Å². The predicted octanol–water partition coefficient (Wildman–Crippen LogP) is 8.30. The third-order valence-electron chi connectivity index (χ3n) is 15.2. The van der Waals surface area contributed by atoms with Crippen LogP contribution in [0.15, 0.2) is 11.6 Å². The lowest BCUT2D eigenvalue weighted by Crippen LogP contribution is -2.66. The molecule has 0 unspecified atom stereocenters. The average Bonchev–Trinajstić information content (AvgIpc) is 3.21. The van der Waals surface area contributed by atoms with Gasteiger partial charge in [0.25, 0.3) is 0 Å². The van der Waals surface area contributed by atoms with Gasteiger partial charge in [-0.15, -0.1) is 0 Å². The highest BCUT2D eigenvalue weighted by molar-refractivity contribution is 5.95. The molecule has 1 aliphatic heterocycles. The Morgan fingerprint density at radius 2 is 1.49 bits per heavy atom. The molecule has 5 heteroatoms. The Labute approximate surface area is 261 Å². The summed E-state index contributed by atoms with van der Waals surface area (Å²) in [6, 6.07) is 0. The van der Waals surface area contributed by atoms with Crippen LogP contribution in [-0.2, 0) is 19.1 Å². The molecule has 5 aliphatic carbocycles. The molecule has 0 N–H and O–H groups in total. The van der Waals surface area contributed by atoms with Crippen LogP contribution in [0.4, 0.5) is 0 Å². The van der Waals surface area contributed by atoms with E-state index in [-0.39, 0.29) is 56.4 Å². The van der Waals surface area contributed by atoms with Crippen LogP contribution in [0.5, 0.6) is 0 Å². The molecule has 0 aromatic heterocycles. The van der Waals surface area contributed by atoms with E-state index in [2.05, 4.69) is 59.4 Å². The summed E-state index contributed by atoms with van der Waals surface area (Å²) in [5, 5.41) is 0. The Balaban J connectivity index is 1.36. The van der Waals surface area contributed by atoms with Gasteiger partial charge in [-0.3, -0.25) is 14.4 Å². The fourth-order valence-electron chi connectivity index (χ4n) is 12.4. The number of fused-ring (bicyclic) bond motifs is 7. The molecule has 5 nitrogen and oxygen atoms in total. The summed E-state index contributed by atoms with van der Waals surface area (Å²) >= 11 is 0. The molecule has 1 saturated heterocycles. The summed E-state index contributed by atoms with van der Waals surface area (Å²) < 4.78 is 5.89. The summed E-state index contributed by atoms with van der Waals surface area (Å²) in [6.45, 7) is 20.0. The van der Waals surface area contributed by atoms with E-state index in [0.29, 0.717) is 17.6 Å². The molecule has 4 saturated carbocycles. The van der Waals surface area contributed by atoms with Crippen LogP contribution in [0.3, 0.4) is 0 Å². The van der Waals surface area contributed by atoms with Gasteiger partial charge in [0.2, 0.25) is 5.91 Å². The molecular weight excluding hydrogens is 534 g/mol. The van der Waals surface area contributed by atoms with Crippen LogP contribution in [-0.4, -0.2) is 41.8 Å². The van der Waals surface area contributed by atoms with Crippen LogP contribution in [0.1, 0.15) is 139 Å². The Morgan fingerprint density at radius 1 is 0.837 bits per heavy atom. The highest BCUT2D eigenvalue weighted by atomic mass is 16.5. The lowest BCUT2D eigenvalue weighted by molar-refractivity contribution is -0.210. The van der Waals surface area contributed by atoms with Gasteiger partial charge in [0.05, 0.1) is 0 Å². The van der Waals surface area contributed by atoms with Gasteiger partial charge in [-0.2, -0.15) is 0 Å². The topological polar surface area (TPSA) is 63.7 Å². The lowest BCUT2D eigenvalue weighted by Gasteiger charge is -2.70. The molecule has 1 amide bonds. The Morgan fingerprint density at radius 3 is 2.14 bits per heavy atom. The smallest absolute Gasteiger partial charge is 0.302 e. The quantitative estimate of drug-likeness (QED) is 0.302. The molecule has 0 radical (unpaired) electrons. The number of amides is 1. The van der Waals surface area contributed by atoms with Gasteiger partial charge in [-0.25, -0.2) is 0 Å². The molecule has 240 valence electrons. The molecule has 0 bridgehead atoms. The first-order valence-corrected chi connectivity index (χ1v) is 17.7. The van der Waals surface area contributed by atoms with Gasteiger partial charge >= 0.3 is 5.97 Å². The number of esters is 1. The normalized spacial score (nSPS) is 47.6. The molecule has 5 fully saturated rings. The maximum atomic E-state index is 14.7. The lowest BCUT2D eigenvalue weighted by atomic mass is 9.33. The average molecular weight is 594 g/mol. The van der Waals surface area contributed by atoms with Crippen molar-refractivity contribution in [1.29, 1.82) is 0 Å². The number of ketones is 1. The maximum absolute atomic E-state index is 14.7. The van der Waals surface area contributed by atoms with E-state index < -0.39 is 0 Å². The first-order valence-electron chi connectivity index (χ1n) is 17.7. The van der Waals surface area contributed by atoms with E-state index in [1.54, 1.807) is 0 Å². The van der Waals surface area contributed by atoms with Gasteiger partial charge in [-0.1, -0.05) is 66.9 Å². The number of carbonyl (C=O) groups is 3. The van der Waals surface area contributed by atoms with Crippen LogP contribution in [0.25, 0.3) is 0 Å². The summed E-state index contributed by atoms with van der Waals surface area (Å²) in [5.41, 5.74) is 0.720. The van der Waals surface area contributed by atoms with E-state index in [9.17, 15) is 14.4 Å². The second-order valence-electron chi connectivity index (χ2n) is 17.9. The van der Waals surface area contributed by atoms with Crippen molar-refractivity contribution in [2.45, 2.75) is 145 Å². The van der Waals surface area contributed by atoms with Crippen molar-refractivity contribution in [2.75, 3.05) is 13.1 Å². The minimum Gasteiger partial charge on any atom is -0.462 e. The molecule has 43 heavy (non-hydrogen) atoms. The summed E-state index contributed by atoms with van der Waals surface area (Å²) in [4.78, 5) is 43.0. The minimum absolute atomic E-state index is 0.0249. The third kappa shape index (κ3) is 4.46. The van der Waals surface area contributed by atoms with Crippen molar-refractivity contribution in [3.05, 3.63) is 11.6 Å². The molecular formula is C38H59NO4. The zero-order chi connectivity index (χ0) is 31.2. The van der Waals surface area contributed by atoms with Crippen molar-refractivity contribution < 1.29 is 19.1 Å². The Kier molecular flexibility index (Phi) is 7.42. The number of allylic oxidation sites excluding steroid dienone is 2. The highest BCUT2D eigenvalue weighted by Crippen LogP contribution is 2.75. The van der Waals surface area contributed by atoms with Crippen molar-refractivity contribution in [3.8, 4) is 0 Å². The molecule has 1 heterocycles. The number of nitrogens with zero attached hydrogens (tertiary/aromatic N) is 1. The van der Waals surface area contributed by atoms with Crippen molar-refractivity contribution in [2.24, 2.45) is 50.2 Å². The van der Waals surface area contributed by atoms with Crippen molar-refractivity contribution in [1.82, 2.24) is 4.90 Å². The van der Waals surface area contributed by atoms with Gasteiger partial charge in [-0.05, 0) is 110 Å². The summed E-state index contributed by atoms with van der Waals surface area (Å²) in [5.74, 6) is 1.09. The monoisotopic (exact) mass is 593 g/mol. The third-order valence-corrected chi connectivity index (χ3v) is 15.2. The number of likely N-dealkylation sites (tertiary alicyclic amines) is 1. The van der Waals surface area contributed by atoms with Crippen molar-refractivity contribution >= 4 is 17.7 Å². The summed E-state index contributed by atoms with van der Waals surface area (Å²) in [7, 11) is 0. The molecule has 9 atom stereocenters. The zero-order valence-corrected chi connectivity index (χ0v) is 28.6. The second-order valence-corrected chi connectivity index (χ2v) is 17.9. The fraction of sp³-hybridized carbons (Fsp3) is 0.868. The highest BCUT2D eigenvalue weighted by Gasteiger charge is 2.70. The number of carbonyl (C=O) groups excluding carboxylic acids is 3. The minimum atomic E-state index is -0.350. The second kappa shape index (κ2) is 10.2. The largest absolute Gasteiger partial charge is 0.462 e. The SMILES string of the molecule is CC(=O)O[C@@H]1CC[C@]2(C)[C@H](CC[C@]3(C)[C@@H]2C(=O)C=C2[C@@H]4C[C@](C)(C(=O)N5CCCCCC5)CC[C@@]4(C)CC[C@]23C)C1(C)C. The van der Waals surface area contributed by atoms with Crippen LogP contribution in [0.2, 0.25) is 0 Å². The maximum Gasteiger partial charge on any atom is 0.302 e. The molecule has 0 spiro atoms. The molecule has 6 aliphatic rings. The molecule has 6 rings (SSSR count). The number of ether oxygens (including phenoxy) is 1. The van der Waals surface area contributed by atoms with Gasteiger partial charge in [0.1, 0.15) is 6.10 Å². The predicted molar refractivity (Wildman–Crippen MR) is 170 cm³/mol. The van der Waals surface area contributed by atoms with Crippen molar-refractivity contribution in [3.63, 3.8) is 0 Å². The van der Waals surface area contributed by atoms with Crippen LogP contribution < -0.4 is 0 Å².